The van der Waals surface area contributed by atoms with Crippen LogP contribution in [0.2, 0.25) is 0 Å². The number of nitrogens with one attached hydrogen (secondary N) is 1. The molecule has 0 bridgehead atoms. The Labute approximate surface area is 140 Å². The second kappa shape index (κ2) is 8.01. The lowest BCUT2D eigenvalue weighted by Gasteiger charge is -2.18. The van der Waals surface area contributed by atoms with E-state index in [1.165, 1.54) is 7.11 Å². The summed E-state index contributed by atoms with van der Waals surface area (Å²) < 4.78 is 10.3. The van der Waals surface area contributed by atoms with Crippen LogP contribution in [0.3, 0.4) is 0 Å². The molecule has 0 aliphatic rings. The smallest absolute Gasteiger partial charge is 0.305 e. The zero-order chi connectivity index (χ0) is 17.5. The summed E-state index contributed by atoms with van der Waals surface area (Å²) in [5.41, 5.74) is 1.03. The minimum absolute atomic E-state index is 0.229. The second-order valence-electron chi connectivity index (χ2n) is 5.10. The van der Waals surface area contributed by atoms with Crippen LogP contribution in [0.4, 0.5) is 0 Å². The third kappa shape index (κ3) is 4.25. The van der Waals surface area contributed by atoms with Gasteiger partial charge in [0.05, 0.1) is 32.2 Å². The molecule has 1 amide bonds. The molecule has 0 saturated carbocycles. The monoisotopic (exact) mass is 329 g/mol. The van der Waals surface area contributed by atoms with Crippen LogP contribution in [0.5, 0.6) is 11.5 Å². The second-order valence-corrected chi connectivity index (χ2v) is 5.10. The van der Waals surface area contributed by atoms with E-state index in [4.69, 9.17) is 14.6 Å². The van der Waals surface area contributed by atoms with E-state index in [1.807, 2.05) is 0 Å². The molecule has 2 aromatic carbocycles. The van der Waals surface area contributed by atoms with Crippen molar-refractivity contribution in [3.8, 4) is 11.5 Å². The van der Waals surface area contributed by atoms with Crippen molar-refractivity contribution in [3.63, 3.8) is 0 Å². The van der Waals surface area contributed by atoms with Crippen LogP contribution in [0.15, 0.2) is 48.5 Å². The maximum atomic E-state index is 12.5. The van der Waals surface area contributed by atoms with E-state index >= 15 is 0 Å². The number of para-hydroxylation sites is 1. The minimum atomic E-state index is -1.00. The molecule has 2 rings (SSSR count). The van der Waals surface area contributed by atoms with Gasteiger partial charge in [-0.2, -0.15) is 0 Å². The molecule has 0 unspecified atom stereocenters. The van der Waals surface area contributed by atoms with Crippen LogP contribution < -0.4 is 14.8 Å². The van der Waals surface area contributed by atoms with Crippen molar-refractivity contribution in [2.24, 2.45) is 0 Å². The summed E-state index contributed by atoms with van der Waals surface area (Å²) in [6.07, 6.45) is -0.229. The highest BCUT2D eigenvalue weighted by atomic mass is 16.5. The lowest BCUT2D eigenvalue weighted by atomic mass is 10.0. The number of carboxylic acids is 1. The molecule has 24 heavy (non-hydrogen) atoms. The third-order valence-electron chi connectivity index (χ3n) is 3.55. The van der Waals surface area contributed by atoms with Crippen LogP contribution in [0.1, 0.15) is 28.4 Å². The van der Waals surface area contributed by atoms with E-state index < -0.39 is 17.9 Å². The zero-order valence-electron chi connectivity index (χ0n) is 13.5. The van der Waals surface area contributed by atoms with Crippen molar-refractivity contribution in [1.82, 2.24) is 5.32 Å². The average molecular weight is 329 g/mol. The molecule has 0 radical (unpaired) electrons. The van der Waals surface area contributed by atoms with Crippen LogP contribution in [0, 0.1) is 0 Å². The lowest BCUT2D eigenvalue weighted by molar-refractivity contribution is -0.137. The number of amides is 1. The fraction of sp³-hybridized carbons (Fsp3) is 0.222. The molecule has 0 aliphatic heterocycles. The van der Waals surface area contributed by atoms with E-state index in [9.17, 15) is 9.59 Å². The third-order valence-corrected chi connectivity index (χ3v) is 3.55. The Hall–Kier alpha value is -3.02. The Balaban J connectivity index is 2.24. The van der Waals surface area contributed by atoms with Gasteiger partial charge in [0.25, 0.3) is 5.91 Å². The number of methoxy groups -OCH3 is 2. The van der Waals surface area contributed by atoms with Crippen LogP contribution in [0.25, 0.3) is 0 Å². The Morgan fingerprint density at radius 3 is 2.29 bits per heavy atom. The topological polar surface area (TPSA) is 84.9 Å². The van der Waals surface area contributed by atoms with E-state index in [0.717, 1.165) is 0 Å². The van der Waals surface area contributed by atoms with Crippen LogP contribution >= 0.6 is 0 Å². The lowest BCUT2D eigenvalue weighted by Crippen LogP contribution is -2.30. The van der Waals surface area contributed by atoms with Crippen molar-refractivity contribution in [3.05, 3.63) is 59.7 Å². The minimum Gasteiger partial charge on any atom is -0.497 e. The number of carboxylic acid groups (broad SMARTS) is 1. The highest BCUT2D eigenvalue weighted by Crippen LogP contribution is 2.23. The Kier molecular flexibility index (Phi) is 5.78. The molecule has 126 valence electrons. The van der Waals surface area contributed by atoms with Gasteiger partial charge >= 0.3 is 5.97 Å². The van der Waals surface area contributed by atoms with Crippen LogP contribution in [-0.2, 0) is 4.79 Å². The first-order valence-electron chi connectivity index (χ1n) is 7.34. The van der Waals surface area contributed by atoms with E-state index in [1.54, 1.807) is 55.6 Å². The summed E-state index contributed by atoms with van der Waals surface area (Å²) in [6, 6.07) is 13.0. The number of hydrogen-bond acceptors (Lipinski definition) is 4. The maximum absolute atomic E-state index is 12.5. The summed E-state index contributed by atoms with van der Waals surface area (Å²) >= 11 is 0. The number of benzene rings is 2. The molecular formula is C18H19NO5. The highest BCUT2D eigenvalue weighted by Gasteiger charge is 2.20. The van der Waals surface area contributed by atoms with Gasteiger partial charge in [-0.1, -0.05) is 24.3 Å². The summed E-state index contributed by atoms with van der Waals surface area (Å²) in [4.78, 5) is 23.7. The summed E-state index contributed by atoms with van der Waals surface area (Å²) in [7, 11) is 3.03. The fourth-order valence-electron chi connectivity index (χ4n) is 2.33. The molecule has 0 saturated heterocycles. The molecule has 1 atom stereocenters. The number of carbonyl (C=O) groups excluding carboxylic acids is 1. The van der Waals surface area contributed by atoms with Gasteiger partial charge in [0, 0.05) is 0 Å². The first-order valence-corrected chi connectivity index (χ1v) is 7.34. The predicted octanol–water partition coefficient (Wildman–Crippen LogP) is 2.65. The molecule has 0 fully saturated rings. The van der Waals surface area contributed by atoms with Crippen molar-refractivity contribution < 1.29 is 24.2 Å². The first kappa shape index (κ1) is 17.3. The van der Waals surface area contributed by atoms with Gasteiger partial charge in [-0.15, -0.1) is 0 Å². The Morgan fingerprint density at radius 1 is 1.04 bits per heavy atom. The van der Waals surface area contributed by atoms with Gasteiger partial charge < -0.3 is 19.9 Å². The molecule has 0 aromatic heterocycles. The standard InChI is InChI=1S/C18H19NO5/c1-23-13-9-7-12(8-10-13)15(11-17(20)21)19-18(22)14-5-3-4-6-16(14)24-2/h3-10,15H,11H2,1-2H3,(H,19,22)(H,20,21)/t15-/m0/s1. The van der Waals surface area contributed by atoms with Gasteiger partial charge in [0.1, 0.15) is 11.5 Å². The predicted molar refractivity (Wildman–Crippen MR) is 88.4 cm³/mol. The highest BCUT2D eigenvalue weighted by molar-refractivity contribution is 5.97. The number of rotatable bonds is 7. The quantitative estimate of drug-likeness (QED) is 0.816. The molecule has 2 N–H and O–H groups in total. The number of hydrogen-bond donors (Lipinski definition) is 2. The van der Waals surface area contributed by atoms with Gasteiger partial charge in [0.2, 0.25) is 0 Å². The molecule has 6 heteroatoms. The SMILES string of the molecule is COc1ccc([C@H](CC(=O)O)NC(=O)c2ccccc2OC)cc1. The van der Waals surface area contributed by atoms with E-state index in [2.05, 4.69) is 5.32 Å². The normalized spacial score (nSPS) is 11.4. The number of aliphatic carboxylic acids is 1. The first-order chi connectivity index (χ1) is 11.5. The van der Waals surface area contributed by atoms with Crippen molar-refractivity contribution in [2.75, 3.05) is 14.2 Å². The fourth-order valence-corrected chi connectivity index (χ4v) is 2.33. The average Bonchev–Trinajstić information content (AvgIpc) is 2.60. The molecule has 0 heterocycles. The van der Waals surface area contributed by atoms with Crippen molar-refractivity contribution >= 4 is 11.9 Å². The van der Waals surface area contributed by atoms with E-state index in [0.29, 0.717) is 22.6 Å². The van der Waals surface area contributed by atoms with Crippen LogP contribution in [-0.4, -0.2) is 31.2 Å². The van der Waals surface area contributed by atoms with Gasteiger partial charge in [-0.3, -0.25) is 9.59 Å². The molecule has 2 aromatic rings. The summed E-state index contributed by atoms with van der Waals surface area (Å²) in [5.74, 6) is -0.312. The molecule has 6 nitrogen and oxygen atoms in total. The largest absolute Gasteiger partial charge is 0.497 e. The Morgan fingerprint density at radius 2 is 1.71 bits per heavy atom. The molecular weight excluding hydrogens is 310 g/mol. The van der Waals surface area contributed by atoms with Crippen molar-refractivity contribution in [2.45, 2.75) is 12.5 Å². The Bertz CT molecular complexity index is 712. The number of ether oxygens (including phenoxy) is 2. The maximum Gasteiger partial charge on any atom is 0.305 e. The van der Waals surface area contributed by atoms with Crippen molar-refractivity contribution in [1.29, 1.82) is 0 Å². The summed E-state index contributed by atoms with van der Waals surface area (Å²) in [5, 5.41) is 11.9. The summed E-state index contributed by atoms with van der Waals surface area (Å²) in [6.45, 7) is 0. The molecule has 0 spiro atoms. The zero-order valence-corrected chi connectivity index (χ0v) is 13.5. The van der Waals surface area contributed by atoms with Gasteiger partial charge in [-0.05, 0) is 29.8 Å². The molecule has 0 aliphatic carbocycles. The van der Waals surface area contributed by atoms with Gasteiger partial charge in [-0.25, -0.2) is 0 Å². The van der Waals surface area contributed by atoms with Gasteiger partial charge in [0.15, 0.2) is 0 Å². The van der Waals surface area contributed by atoms with E-state index in [-0.39, 0.29) is 6.42 Å². The number of carbonyl (C=O) groups is 2.